The highest BCUT2D eigenvalue weighted by atomic mass is 79.9. The molecule has 1 amide bonds. The fourth-order valence-corrected chi connectivity index (χ4v) is 6.48. The van der Waals surface area contributed by atoms with E-state index in [0.717, 1.165) is 12.1 Å². The zero-order chi connectivity index (χ0) is 28.5. The molecule has 210 valence electrons. The van der Waals surface area contributed by atoms with Gasteiger partial charge >= 0.3 is 0 Å². The van der Waals surface area contributed by atoms with Crippen LogP contribution in [0.15, 0.2) is 68.4 Å². The summed E-state index contributed by atoms with van der Waals surface area (Å²) in [6.45, 7) is 4.11. The number of hydrogen-bond donors (Lipinski definition) is 2. The quantitative estimate of drug-likeness (QED) is 0.324. The third-order valence-electron chi connectivity index (χ3n) is 6.53. The number of fused-ring (bicyclic) bond motifs is 1. The second kappa shape index (κ2) is 11.8. The van der Waals surface area contributed by atoms with Gasteiger partial charge in [-0.2, -0.15) is 13.5 Å². The van der Waals surface area contributed by atoms with Crippen LogP contribution in [0.25, 0.3) is 10.8 Å². The van der Waals surface area contributed by atoms with E-state index in [1.54, 1.807) is 18.2 Å². The number of amides is 1. The zero-order valence-electron chi connectivity index (χ0n) is 21.3. The van der Waals surface area contributed by atoms with E-state index < -0.39 is 33.5 Å². The van der Waals surface area contributed by atoms with Crippen LogP contribution in [0.3, 0.4) is 0 Å². The van der Waals surface area contributed by atoms with Crippen molar-refractivity contribution in [2.45, 2.75) is 55.7 Å². The average molecular weight is 689 g/mol. The van der Waals surface area contributed by atoms with Gasteiger partial charge < -0.3 is 15.4 Å². The molecule has 7 nitrogen and oxygen atoms in total. The van der Waals surface area contributed by atoms with Gasteiger partial charge in [-0.1, -0.05) is 40.2 Å². The molecule has 0 aliphatic carbocycles. The first-order valence-electron chi connectivity index (χ1n) is 12.4. The van der Waals surface area contributed by atoms with Gasteiger partial charge in [0, 0.05) is 29.2 Å². The van der Waals surface area contributed by atoms with Gasteiger partial charge in [-0.15, -0.1) is 0 Å². The van der Waals surface area contributed by atoms with Gasteiger partial charge in [0.05, 0.1) is 15.5 Å². The lowest BCUT2D eigenvalue weighted by atomic mass is 9.99. The van der Waals surface area contributed by atoms with Gasteiger partial charge in [-0.05, 0) is 83.7 Å². The summed E-state index contributed by atoms with van der Waals surface area (Å²) < 4.78 is 67.8. The Morgan fingerprint density at radius 3 is 2.33 bits per heavy atom. The molecule has 1 heterocycles. The topological polar surface area (TPSA) is 102 Å². The van der Waals surface area contributed by atoms with E-state index in [-0.39, 0.29) is 30.1 Å². The van der Waals surface area contributed by atoms with Gasteiger partial charge in [0.25, 0.3) is 5.92 Å². The van der Waals surface area contributed by atoms with E-state index >= 15 is 8.78 Å². The molecule has 1 fully saturated rings. The van der Waals surface area contributed by atoms with Gasteiger partial charge in [-0.3, -0.25) is 4.79 Å². The molecule has 0 aromatic heterocycles. The highest BCUT2D eigenvalue weighted by Gasteiger charge is 2.50. The number of alkyl halides is 2. The standard InChI is InChI=1S/C27H29Br2F2N3O4S/c1-16(2)38-23-10-3-17-15-21(8-9-22(17)24(23)29)39(36,37)33-25(26(35)34-13-11-20(32)12-14-34)27(30,31)18-4-6-19(28)7-5-18/h3-10,15-16,20,25,33H,11-14,32H2,1-2H3/t25-/m0/s1. The molecule has 1 aliphatic rings. The Balaban J connectivity index is 1.71. The number of nitrogens with zero attached hydrogens (tertiary/aromatic N) is 1. The summed E-state index contributed by atoms with van der Waals surface area (Å²) in [4.78, 5) is 14.4. The maximum atomic E-state index is 15.9. The number of ether oxygens (including phenoxy) is 1. The Kier molecular flexibility index (Phi) is 9.02. The summed E-state index contributed by atoms with van der Waals surface area (Å²) in [7, 11) is -4.54. The largest absolute Gasteiger partial charge is 0.490 e. The Bertz CT molecular complexity index is 1460. The molecule has 1 aliphatic heterocycles. The van der Waals surface area contributed by atoms with Crippen LogP contribution < -0.4 is 15.2 Å². The van der Waals surface area contributed by atoms with Crippen LogP contribution in [-0.2, 0) is 20.7 Å². The van der Waals surface area contributed by atoms with E-state index in [4.69, 9.17) is 10.5 Å². The highest BCUT2D eigenvalue weighted by molar-refractivity contribution is 9.11. The second-order valence-corrected chi connectivity index (χ2v) is 13.2. The van der Waals surface area contributed by atoms with Crippen molar-refractivity contribution in [3.05, 3.63) is 69.1 Å². The SMILES string of the molecule is CC(C)Oc1ccc2cc(S(=O)(=O)N[C@@H](C(=O)N3CCC(N)CC3)C(F)(F)c3ccc(Br)cc3)ccc2c1Br. The Morgan fingerprint density at radius 2 is 1.72 bits per heavy atom. The molecule has 0 unspecified atom stereocenters. The second-order valence-electron chi connectivity index (χ2n) is 9.77. The molecule has 4 rings (SSSR count). The molecule has 39 heavy (non-hydrogen) atoms. The first-order chi connectivity index (χ1) is 18.3. The highest BCUT2D eigenvalue weighted by Crippen LogP contribution is 2.37. The molecule has 1 atom stereocenters. The molecule has 3 aromatic rings. The lowest BCUT2D eigenvalue weighted by molar-refractivity contribution is -0.145. The summed E-state index contributed by atoms with van der Waals surface area (Å²) in [6.07, 6.45) is 0.814. The molecule has 12 heteroatoms. The lowest BCUT2D eigenvalue weighted by Gasteiger charge is -2.35. The predicted octanol–water partition coefficient (Wildman–Crippen LogP) is 5.54. The van der Waals surface area contributed by atoms with E-state index in [0.29, 0.717) is 38.3 Å². The van der Waals surface area contributed by atoms with Crippen molar-refractivity contribution >= 4 is 58.6 Å². The van der Waals surface area contributed by atoms with Gasteiger partial charge in [0.15, 0.2) is 6.04 Å². The molecule has 0 bridgehead atoms. The summed E-state index contributed by atoms with van der Waals surface area (Å²) >= 11 is 6.71. The van der Waals surface area contributed by atoms with Gasteiger partial charge in [0.2, 0.25) is 15.9 Å². The summed E-state index contributed by atoms with van der Waals surface area (Å²) in [6, 6.07) is 10.3. The number of carbonyl (C=O) groups excluding carboxylic acids is 1. The van der Waals surface area contributed by atoms with Crippen LogP contribution in [0.5, 0.6) is 5.75 Å². The molecule has 0 radical (unpaired) electrons. The van der Waals surface area contributed by atoms with Crippen LogP contribution in [0.2, 0.25) is 0 Å². The molecule has 3 N–H and O–H groups in total. The number of nitrogens with two attached hydrogens (primary N) is 1. The van der Waals surface area contributed by atoms with Crippen molar-refractivity contribution in [3.63, 3.8) is 0 Å². The number of carbonyl (C=O) groups is 1. The Morgan fingerprint density at radius 1 is 1.08 bits per heavy atom. The number of likely N-dealkylation sites (tertiary alicyclic amines) is 1. The zero-order valence-corrected chi connectivity index (χ0v) is 25.3. The van der Waals surface area contributed by atoms with Crippen LogP contribution in [0.1, 0.15) is 32.3 Å². The van der Waals surface area contributed by atoms with Crippen molar-refractivity contribution in [1.82, 2.24) is 9.62 Å². The summed E-state index contributed by atoms with van der Waals surface area (Å²) in [5, 5.41) is 1.23. The van der Waals surface area contributed by atoms with Crippen molar-refractivity contribution < 1.29 is 26.7 Å². The number of hydrogen-bond acceptors (Lipinski definition) is 5. The first kappa shape index (κ1) is 29.9. The summed E-state index contributed by atoms with van der Waals surface area (Å²) in [5.41, 5.74) is 5.43. The van der Waals surface area contributed by atoms with Crippen LogP contribution in [0.4, 0.5) is 8.78 Å². The third-order valence-corrected chi connectivity index (χ3v) is 9.29. The van der Waals surface area contributed by atoms with Gasteiger partial charge in [0.1, 0.15) is 5.75 Å². The van der Waals surface area contributed by atoms with Crippen LogP contribution in [-0.4, -0.2) is 50.5 Å². The maximum absolute atomic E-state index is 15.9. The minimum absolute atomic E-state index is 0.0693. The predicted molar refractivity (Wildman–Crippen MR) is 153 cm³/mol. The number of piperidine rings is 1. The molecule has 0 saturated carbocycles. The maximum Gasteiger partial charge on any atom is 0.298 e. The monoisotopic (exact) mass is 687 g/mol. The van der Waals surface area contributed by atoms with Crippen molar-refractivity contribution in [3.8, 4) is 5.75 Å². The molecule has 1 saturated heterocycles. The van der Waals surface area contributed by atoms with E-state index in [1.165, 1.54) is 29.2 Å². The van der Waals surface area contributed by atoms with Crippen LogP contribution >= 0.6 is 31.9 Å². The van der Waals surface area contributed by atoms with E-state index in [1.807, 2.05) is 18.6 Å². The number of nitrogens with one attached hydrogen (secondary N) is 1. The Hall–Kier alpha value is -2.12. The van der Waals surface area contributed by atoms with Crippen molar-refractivity contribution in [2.75, 3.05) is 13.1 Å². The van der Waals surface area contributed by atoms with Crippen molar-refractivity contribution in [1.29, 1.82) is 0 Å². The third kappa shape index (κ3) is 6.62. The molecule has 0 spiro atoms. The fraction of sp³-hybridized carbons (Fsp3) is 0.370. The normalized spacial score (nSPS) is 16.1. The minimum Gasteiger partial charge on any atom is -0.490 e. The number of rotatable bonds is 8. The molecular formula is C27H29Br2F2N3O4S. The van der Waals surface area contributed by atoms with Crippen molar-refractivity contribution in [2.24, 2.45) is 5.73 Å². The van der Waals surface area contributed by atoms with Crippen LogP contribution in [0, 0.1) is 0 Å². The smallest absolute Gasteiger partial charge is 0.298 e. The average Bonchev–Trinajstić information content (AvgIpc) is 2.89. The Labute approximate surface area is 243 Å². The minimum atomic E-state index is -4.54. The summed E-state index contributed by atoms with van der Waals surface area (Å²) in [5.74, 6) is -4.25. The van der Waals surface area contributed by atoms with E-state index in [2.05, 4.69) is 31.9 Å². The lowest BCUT2D eigenvalue weighted by Crippen LogP contribution is -2.57. The number of halogens is 4. The molecule has 3 aromatic carbocycles. The molecular weight excluding hydrogens is 660 g/mol. The van der Waals surface area contributed by atoms with E-state index in [9.17, 15) is 13.2 Å². The number of benzene rings is 3. The number of sulfonamides is 1. The van der Waals surface area contributed by atoms with Gasteiger partial charge in [-0.25, -0.2) is 8.42 Å². The fourth-order valence-electron chi connectivity index (χ4n) is 4.41. The first-order valence-corrected chi connectivity index (χ1v) is 15.5.